The monoisotopic (exact) mass is 225 g/mol. The Morgan fingerprint density at radius 3 is 2.62 bits per heavy atom. The lowest BCUT2D eigenvalue weighted by Gasteiger charge is -2.39. The highest BCUT2D eigenvalue weighted by atomic mass is 16.3. The molecule has 2 rings (SSSR count). The number of carbonyl (C=O) groups is 1. The Bertz CT molecular complexity index is 236. The van der Waals surface area contributed by atoms with Crippen LogP contribution in [-0.4, -0.2) is 42.0 Å². The van der Waals surface area contributed by atoms with Crippen LogP contribution in [0.25, 0.3) is 0 Å². The van der Waals surface area contributed by atoms with E-state index in [2.05, 4.69) is 4.90 Å². The number of rotatable bonds is 4. The minimum absolute atomic E-state index is 0.0925. The molecule has 1 saturated heterocycles. The molecule has 1 N–H and O–H groups in total. The highest BCUT2D eigenvalue weighted by Crippen LogP contribution is 2.38. The molecule has 1 unspecified atom stereocenters. The van der Waals surface area contributed by atoms with Crippen LogP contribution >= 0.6 is 0 Å². The zero-order valence-electron chi connectivity index (χ0n) is 10.0. The van der Waals surface area contributed by atoms with Gasteiger partial charge in [-0.05, 0) is 32.2 Å². The van der Waals surface area contributed by atoms with E-state index in [1.165, 1.54) is 32.0 Å². The molecule has 92 valence electrons. The first-order chi connectivity index (χ1) is 7.79. The lowest BCUT2D eigenvalue weighted by atomic mass is 9.86. The maximum absolute atomic E-state index is 11.3. The van der Waals surface area contributed by atoms with Gasteiger partial charge in [0.25, 0.3) is 0 Å². The van der Waals surface area contributed by atoms with E-state index < -0.39 is 0 Å². The van der Waals surface area contributed by atoms with Crippen molar-refractivity contribution in [3.05, 3.63) is 0 Å². The number of aldehydes is 1. The van der Waals surface area contributed by atoms with Gasteiger partial charge in [-0.1, -0.05) is 19.3 Å². The Balaban J connectivity index is 1.97. The molecule has 3 nitrogen and oxygen atoms in total. The van der Waals surface area contributed by atoms with Crippen molar-refractivity contribution in [2.45, 2.75) is 51.0 Å². The lowest BCUT2D eigenvalue weighted by Crippen LogP contribution is -2.47. The molecular formula is C13H23NO2. The first-order valence-electron chi connectivity index (χ1n) is 6.61. The van der Waals surface area contributed by atoms with E-state index in [1.807, 2.05) is 0 Å². The van der Waals surface area contributed by atoms with Crippen LogP contribution in [0.4, 0.5) is 0 Å². The zero-order valence-corrected chi connectivity index (χ0v) is 10.0. The molecule has 1 saturated carbocycles. The fraction of sp³-hybridized carbons (Fsp3) is 0.923. The normalized spacial score (nSPS) is 30.4. The van der Waals surface area contributed by atoms with Crippen molar-refractivity contribution < 1.29 is 9.90 Å². The Morgan fingerprint density at radius 1 is 1.25 bits per heavy atom. The number of hydrogen-bond donors (Lipinski definition) is 1. The first-order valence-corrected chi connectivity index (χ1v) is 6.61. The first kappa shape index (κ1) is 12.1. The Hall–Kier alpha value is -0.410. The fourth-order valence-corrected chi connectivity index (χ4v) is 3.27. The summed E-state index contributed by atoms with van der Waals surface area (Å²) in [6.45, 7) is 2.18. The van der Waals surface area contributed by atoms with Crippen LogP contribution in [-0.2, 0) is 4.79 Å². The van der Waals surface area contributed by atoms with Gasteiger partial charge in [0, 0.05) is 18.0 Å². The van der Waals surface area contributed by atoms with Gasteiger partial charge in [-0.25, -0.2) is 0 Å². The molecule has 0 radical (unpaired) electrons. The molecule has 1 aliphatic heterocycles. The summed E-state index contributed by atoms with van der Waals surface area (Å²) < 4.78 is 0. The molecule has 1 atom stereocenters. The van der Waals surface area contributed by atoms with Gasteiger partial charge in [0.15, 0.2) is 0 Å². The molecular weight excluding hydrogens is 202 g/mol. The van der Waals surface area contributed by atoms with E-state index in [1.54, 1.807) is 0 Å². The molecule has 3 heteroatoms. The average molecular weight is 225 g/mol. The topological polar surface area (TPSA) is 40.5 Å². The van der Waals surface area contributed by atoms with Gasteiger partial charge < -0.3 is 9.90 Å². The standard InChI is InChI=1S/C13H23NO2/c15-9-12-5-1-4-8-14(12)10-13(11-16)6-2-3-7-13/h11-12,15H,1-10H2. The van der Waals surface area contributed by atoms with E-state index in [-0.39, 0.29) is 12.0 Å². The predicted molar refractivity (Wildman–Crippen MR) is 63.3 cm³/mol. The predicted octanol–water partition coefficient (Wildman–Crippen LogP) is 1.59. The average Bonchev–Trinajstić information content (AvgIpc) is 2.79. The summed E-state index contributed by atoms with van der Waals surface area (Å²) >= 11 is 0. The maximum atomic E-state index is 11.3. The highest BCUT2D eigenvalue weighted by molar-refractivity contribution is 5.60. The largest absolute Gasteiger partial charge is 0.395 e. The molecule has 0 bridgehead atoms. The summed E-state index contributed by atoms with van der Waals surface area (Å²) in [5, 5.41) is 9.36. The van der Waals surface area contributed by atoms with Crippen molar-refractivity contribution in [1.82, 2.24) is 4.90 Å². The van der Waals surface area contributed by atoms with Crippen molar-refractivity contribution >= 4 is 6.29 Å². The molecule has 0 aromatic carbocycles. The zero-order chi connectivity index (χ0) is 11.4. The molecule has 0 amide bonds. The summed E-state index contributed by atoms with van der Waals surface area (Å²) in [5.74, 6) is 0. The molecule has 1 aliphatic carbocycles. The van der Waals surface area contributed by atoms with Gasteiger partial charge in [-0.15, -0.1) is 0 Å². The number of carbonyl (C=O) groups excluding carboxylic acids is 1. The molecule has 16 heavy (non-hydrogen) atoms. The van der Waals surface area contributed by atoms with E-state index >= 15 is 0 Å². The van der Waals surface area contributed by atoms with E-state index in [4.69, 9.17) is 0 Å². The minimum Gasteiger partial charge on any atom is -0.395 e. The number of hydrogen-bond acceptors (Lipinski definition) is 3. The van der Waals surface area contributed by atoms with E-state index in [0.717, 1.165) is 32.4 Å². The van der Waals surface area contributed by atoms with Crippen molar-refractivity contribution in [3.8, 4) is 0 Å². The van der Waals surface area contributed by atoms with Gasteiger partial charge >= 0.3 is 0 Å². The molecule has 0 aromatic rings. The van der Waals surface area contributed by atoms with Gasteiger partial charge in [0.05, 0.1) is 6.61 Å². The SMILES string of the molecule is O=CC1(CN2CCCCC2CO)CCCC1. The molecule has 0 aromatic heterocycles. The van der Waals surface area contributed by atoms with Crippen LogP contribution in [0.15, 0.2) is 0 Å². The summed E-state index contributed by atoms with van der Waals surface area (Å²) in [6, 6.07) is 0.297. The molecule has 2 aliphatic rings. The van der Waals surface area contributed by atoms with Gasteiger partial charge in [-0.2, -0.15) is 0 Å². The second-order valence-corrected chi connectivity index (χ2v) is 5.49. The molecule has 0 spiro atoms. The van der Waals surface area contributed by atoms with Gasteiger partial charge in [0.1, 0.15) is 6.29 Å². The Labute approximate surface area is 97.8 Å². The lowest BCUT2D eigenvalue weighted by molar-refractivity contribution is -0.117. The number of likely N-dealkylation sites (tertiary alicyclic amines) is 1. The van der Waals surface area contributed by atoms with E-state index in [9.17, 15) is 9.90 Å². The van der Waals surface area contributed by atoms with Crippen LogP contribution in [0.2, 0.25) is 0 Å². The van der Waals surface area contributed by atoms with Crippen molar-refractivity contribution in [1.29, 1.82) is 0 Å². The third kappa shape index (κ3) is 2.46. The second-order valence-electron chi connectivity index (χ2n) is 5.49. The second kappa shape index (κ2) is 5.28. The van der Waals surface area contributed by atoms with Crippen molar-refractivity contribution in [3.63, 3.8) is 0 Å². The van der Waals surface area contributed by atoms with Crippen LogP contribution in [0.5, 0.6) is 0 Å². The fourth-order valence-electron chi connectivity index (χ4n) is 3.27. The smallest absolute Gasteiger partial charge is 0.127 e. The van der Waals surface area contributed by atoms with Crippen molar-refractivity contribution in [2.75, 3.05) is 19.7 Å². The highest BCUT2D eigenvalue weighted by Gasteiger charge is 2.37. The third-order valence-corrected chi connectivity index (χ3v) is 4.33. The van der Waals surface area contributed by atoms with Gasteiger partial charge in [-0.3, -0.25) is 4.90 Å². The van der Waals surface area contributed by atoms with E-state index in [0.29, 0.717) is 6.04 Å². The van der Waals surface area contributed by atoms with Crippen LogP contribution in [0.3, 0.4) is 0 Å². The number of aliphatic hydroxyl groups is 1. The number of piperidine rings is 1. The Morgan fingerprint density at radius 2 is 2.00 bits per heavy atom. The molecule has 2 fully saturated rings. The minimum atomic E-state index is -0.0925. The van der Waals surface area contributed by atoms with Crippen LogP contribution < -0.4 is 0 Å². The summed E-state index contributed by atoms with van der Waals surface area (Å²) in [4.78, 5) is 13.7. The van der Waals surface area contributed by atoms with Crippen LogP contribution in [0, 0.1) is 5.41 Å². The number of aliphatic hydroxyl groups excluding tert-OH is 1. The quantitative estimate of drug-likeness (QED) is 0.739. The third-order valence-electron chi connectivity index (χ3n) is 4.33. The van der Waals surface area contributed by atoms with Crippen LogP contribution in [0.1, 0.15) is 44.9 Å². The van der Waals surface area contributed by atoms with Crippen molar-refractivity contribution in [2.24, 2.45) is 5.41 Å². The Kier molecular flexibility index (Phi) is 3.98. The maximum Gasteiger partial charge on any atom is 0.127 e. The summed E-state index contributed by atoms with van der Waals surface area (Å²) in [5.41, 5.74) is -0.0925. The number of nitrogens with zero attached hydrogens (tertiary/aromatic N) is 1. The summed E-state index contributed by atoms with van der Waals surface area (Å²) in [6.07, 6.45) is 9.18. The molecule has 1 heterocycles. The van der Waals surface area contributed by atoms with Gasteiger partial charge in [0.2, 0.25) is 0 Å². The summed E-state index contributed by atoms with van der Waals surface area (Å²) in [7, 11) is 0.